The molecular formula is C24H30N2O3S. The van der Waals surface area contributed by atoms with Crippen molar-refractivity contribution in [1.29, 1.82) is 0 Å². The van der Waals surface area contributed by atoms with E-state index in [4.69, 9.17) is 5.73 Å². The predicted molar refractivity (Wildman–Crippen MR) is 118 cm³/mol. The van der Waals surface area contributed by atoms with E-state index in [0.717, 1.165) is 24.0 Å². The largest absolute Gasteiger partial charge is 0.322 e. The van der Waals surface area contributed by atoms with Gasteiger partial charge in [-0.2, -0.15) is 0 Å². The second-order valence-electron chi connectivity index (χ2n) is 9.42. The molecule has 2 aliphatic rings. The summed E-state index contributed by atoms with van der Waals surface area (Å²) in [4.78, 5) is 12.7. The third-order valence-corrected chi connectivity index (χ3v) is 8.83. The fraction of sp³-hybridized carbons (Fsp3) is 0.458. The smallest absolute Gasteiger partial charge is 0.213 e. The minimum atomic E-state index is -3.76. The molecule has 0 saturated heterocycles. The molecular weight excluding hydrogens is 396 g/mol. The van der Waals surface area contributed by atoms with Gasteiger partial charge in [0.05, 0.1) is 23.3 Å². The minimum absolute atomic E-state index is 0.0870. The van der Waals surface area contributed by atoms with Crippen LogP contribution < -0.4 is 10.5 Å². The van der Waals surface area contributed by atoms with E-state index < -0.39 is 27.5 Å². The Labute approximate surface area is 179 Å². The molecule has 2 aromatic rings. The number of carbonyl (C=O) groups excluding carboxylic acids is 1. The van der Waals surface area contributed by atoms with Gasteiger partial charge in [0.1, 0.15) is 5.78 Å². The van der Waals surface area contributed by atoms with Gasteiger partial charge >= 0.3 is 0 Å². The second-order valence-corrected chi connectivity index (χ2v) is 11.2. The predicted octanol–water partition coefficient (Wildman–Crippen LogP) is 3.74. The van der Waals surface area contributed by atoms with Gasteiger partial charge < -0.3 is 5.73 Å². The summed E-state index contributed by atoms with van der Waals surface area (Å²) in [6.45, 7) is 4.06. The van der Waals surface area contributed by atoms with E-state index in [1.165, 1.54) is 0 Å². The highest BCUT2D eigenvalue weighted by Gasteiger charge is 2.67. The van der Waals surface area contributed by atoms with Crippen LogP contribution in [0.1, 0.15) is 56.3 Å². The first-order valence-corrected chi connectivity index (χ1v) is 12.2. The van der Waals surface area contributed by atoms with Crippen LogP contribution in [0, 0.1) is 16.7 Å². The molecule has 5 nitrogen and oxygen atoms in total. The van der Waals surface area contributed by atoms with Crippen molar-refractivity contribution in [3.63, 3.8) is 0 Å². The molecule has 4 atom stereocenters. The van der Waals surface area contributed by atoms with Gasteiger partial charge in [-0.3, -0.25) is 4.79 Å². The Morgan fingerprint density at radius 1 is 1.03 bits per heavy atom. The summed E-state index contributed by atoms with van der Waals surface area (Å²) in [5.74, 6) is 0.0833. The molecule has 160 valence electrons. The number of nitrogens with one attached hydrogen (secondary N) is 1. The van der Waals surface area contributed by atoms with Gasteiger partial charge in [-0.15, -0.1) is 0 Å². The van der Waals surface area contributed by atoms with Crippen molar-refractivity contribution in [1.82, 2.24) is 4.72 Å². The lowest BCUT2D eigenvalue weighted by Crippen LogP contribution is -2.59. The van der Waals surface area contributed by atoms with Gasteiger partial charge in [0, 0.05) is 6.42 Å². The van der Waals surface area contributed by atoms with E-state index >= 15 is 0 Å². The molecule has 0 heterocycles. The van der Waals surface area contributed by atoms with E-state index in [2.05, 4.69) is 4.72 Å². The highest BCUT2D eigenvalue weighted by atomic mass is 32.2. The molecule has 0 spiro atoms. The lowest BCUT2D eigenvalue weighted by Gasteiger charge is -2.50. The van der Waals surface area contributed by atoms with Crippen molar-refractivity contribution in [2.24, 2.45) is 22.5 Å². The number of benzene rings is 2. The van der Waals surface area contributed by atoms with Crippen LogP contribution in [0.25, 0.3) is 0 Å². The molecule has 2 unspecified atom stereocenters. The van der Waals surface area contributed by atoms with E-state index in [1.807, 2.05) is 74.5 Å². The average molecular weight is 427 g/mol. The van der Waals surface area contributed by atoms with Gasteiger partial charge in [0.25, 0.3) is 0 Å². The summed E-state index contributed by atoms with van der Waals surface area (Å²) in [5, 5.41) is 0. The summed E-state index contributed by atoms with van der Waals surface area (Å²) < 4.78 is 29.7. The molecule has 0 bridgehead atoms. The molecule has 2 saturated carbocycles. The maximum absolute atomic E-state index is 13.4. The molecule has 0 aromatic heterocycles. The first-order valence-electron chi connectivity index (χ1n) is 10.6. The Hall–Kier alpha value is -2.02. The highest BCUT2D eigenvalue weighted by molar-refractivity contribution is 7.89. The standard InChI is InChI=1S/C24H30N2O3S/c1-23(2)14-13-19-15-20(27)24(19,23)16-30(28,29)26-22(18-11-7-4-8-12-18)21(25)17-9-5-3-6-10-17/h3-12,19,21-22,26H,13-16,25H2,1-2H3/t19?,21-,22-,24?/m0/s1. The van der Waals surface area contributed by atoms with Gasteiger partial charge in [-0.05, 0) is 35.3 Å². The zero-order valence-corrected chi connectivity index (χ0v) is 18.4. The minimum Gasteiger partial charge on any atom is -0.322 e. The van der Waals surface area contributed by atoms with E-state index in [-0.39, 0.29) is 22.9 Å². The topological polar surface area (TPSA) is 89.3 Å². The van der Waals surface area contributed by atoms with Crippen molar-refractivity contribution < 1.29 is 13.2 Å². The zero-order chi connectivity index (χ0) is 21.6. The van der Waals surface area contributed by atoms with Crippen LogP contribution in [-0.2, 0) is 14.8 Å². The molecule has 0 radical (unpaired) electrons. The summed E-state index contributed by atoms with van der Waals surface area (Å²) >= 11 is 0. The van der Waals surface area contributed by atoms with Crippen LogP contribution in [0.3, 0.4) is 0 Å². The Balaban J connectivity index is 1.65. The van der Waals surface area contributed by atoms with Crippen molar-refractivity contribution >= 4 is 15.8 Å². The fourth-order valence-corrected chi connectivity index (χ4v) is 7.66. The van der Waals surface area contributed by atoms with Crippen molar-refractivity contribution in [2.75, 3.05) is 5.75 Å². The molecule has 0 amide bonds. The molecule has 2 aromatic carbocycles. The van der Waals surface area contributed by atoms with Gasteiger partial charge in [-0.25, -0.2) is 13.1 Å². The number of hydrogen-bond donors (Lipinski definition) is 2. The van der Waals surface area contributed by atoms with Crippen LogP contribution in [0.2, 0.25) is 0 Å². The number of nitrogens with two attached hydrogens (primary N) is 1. The molecule has 0 aliphatic heterocycles. The maximum Gasteiger partial charge on any atom is 0.213 e. The third-order valence-electron chi connectivity index (χ3n) is 7.38. The Kier molecular flexibility index (Phi) is 5.37. The maximum atomic E-state index is 13.4. The summed E-state index contributed by atoms with van der Waals surface area (Å²) in [5.41, 5.74) is 7.11. The lowest BCUT2D eigenvalue weighted by molar-refractivity contribution is -0.149. The van der Waals surface area contributed by atoms with Crippen LogP contribution >= 0.6 is 0 Å². The summed E-state index contributed by atoms with van der Waals surface area (Å²) in [7, 11) is -3.76. The van der Waals surface area contributed by atoms with Crippen molar-refractivity contribution in [3.05, 3.63) is 71.8 Å². The van der Waals surface area contributed by atoms with Crippen molar-refractivity contribution in [2.45, 2.75) is 45.2 Å². The van der Waals surface area contributed by atoms with Gasteiger partial charge in [0.15, 0.2) is 0 Å². The van der Waals surface area contributed by atoms with Gasteiger partial charge in [0.2, 0.25) is 10.0 Å². The first kappa shape index (κ1) is 21.2. The third kappa shape index (κ3) is 3.51. The monoisotopic (exact) mass is 426 g/mol. The molecule has 2 aliphatic carbocycles. The van der Waals surface area contributed by atoms with Gasteiger partial charge in [-0.1, -0.05) is 74.5 Å². The number of ketones is 1. The van der Waals surface area contributed by atoms with Crippen molar-refractivity contribution in [3.8, 4) is 0 Å². The normalized spacial score (nSPS) is 27.2. The number of carbonyl (C=O) groups is 1. The first-order chi connectivity index (χ1) is 14.2. The number of hydrogen-bond acceptors (Lipinski definition) is 4. The number of fused-ring (bicyclic) bond motifs is 1. The zero-order valence-electron chi connectivity index (χ0n) is 17.5. The Morgan fingerprint density at radius 3 is 2.13 bits per heavy atom. The molecule has 2 fully saturated rings. The summed E-state index contributed by atoms with van der Waals surface area (Å²) in [6, 6.07) is 17.7. The Morgan fingerprint density at radius 2 is 1.60 bits per heavy atom. The SMILES string of the molecule is CC1(C)CCC2CC(=O)C21CS(=O)(=O)N[C@@H](c1ccccc1)[C@@H](N)c1ccccc1. The lowest BCUT2D eigenvalue weighted by atomic mass is 9.53. The highest BCUT2D eigenvalue weighted by Crippen LogP contribution is 2.64. The van der Waals surface area contributed by atoms with Crippen LogP contribution in [0.5, 0.6) is 0 Å². The second kappa shape index (κ2) is 7.59. The van der Waals surface area contributed by atoms with Crippen LogP contribution in [-0.4, -0.2) is 20.0 Å². The number of Topliss-reactive ketones (excluding diaryl/α,β-unsaturated/α-hetero) is 1. The molecule has 3 N–H and O–H groups in total. The quantitative estimate of drug-likeness (QED) is 0.706. The summed E-state index contributed by atoms with van der Waals surface area (Å²) in [6.07, 6.45) is 2.30. The number of rotatable bonds is 7. The molecule has 6 heteroatoms. The van der Waals surface area contributed by atoms with E-state index in [9.17, 15) is 13.2 Å². The Bertz CT molecular complexity index is 1020. The fourth-order valence-electron chi connectivity index (χ4n) is 5.52. The van der Waals surface area contributed by atoms with E-state index in [1.54, 1.807) is 0 Å². The molecule has 4 rings (SSSR count). The average Bonchev–Trinajstić information content (AvgIpc) is 2.93. The van der Waals surface area contributed by atoms with Crippen LogP contribution in [0.4, 0.5) is 0 Å². The van der Waals surface area contributed by atoms with Crippen LogP contribution in [0.15, 0.2) is 60.7 Å². The number of sulfonamides is 1. The molecule has 30 heavy (non-hydrogen) atoms. The van der Waals surface area contributed by atoms with E-state index in [0.29, 0.717) is 6.42 Å².